The Bertz CT molecular complexity index is 878. The monoisotopic (exact) mass is 506 g/mol. The second kappa shape index (κ2) is 8.50. The van der Waals surface area contributed by atoms with Crippen LogP contribution in [0.3, 0.4) is 0 Å². The van der Waals surface area contributed by atoms with Crippen LogP contribution in [-0.2, 0) is 11.0 Å². The zero-order chi connectivity index (χ0) is 20.2. The third-order valence-electron chi connectivity index (χ3n) is 3.50. The lowest BCUT2D eigenvalue weighted by Crippen LogP contribution is -2.42. The van der Waals surface area contributed by atoms with Crippen molar-refractivity contribution in [3.05, 3.63) is 63.0 Å². The van der Waals surface area contributed by atoms with E-state index in [4.69, 9.17) is 6.57 Å². The van der Waals surface area contributed by atoms with Gasteiger partial charge in [-0.25, -0.2) is 4.85 Å². The number of hydrogen-bond donors (Lipinski definition) is 2. The molecule has 2 N–H and O–H groups in total. The minimum absolute atomic E-state index is 0.0195. The molecule has 1 atom stereocenters. The molecule has 0 aromatic heterocycles. The summed E-state index contributed by atoms with van der Waals surface area (Å²) in [5.74, 6) is -0.810. The number of hydrogen-bond acceptors (Lipinski definition) is 3. The summed E-state index contributed by atoms with van der Waals surface area (Å²) in [6.45, 7) is 8.11. The minimum Gasteiger partial charge on any atom is -0.379 e. The third kappa shape index (κ3) is 5.85. The zero-order valence-electron chi connectivity index (χ0n) is 14.0. The number of carbonyl (C=O) groups excluding carboxylic acids is 1. The molecule has 0 fully saturated rings. The van der Waals surface area contributed by atoms with Crippen molar-refractivity contribution < 1.29 is 23.1 Å². The van der Waals surface area contributed by atoms with Crippen LogP contribution in [0.15, 0.2) is 47.4 Å². The van der Waals surface area contributed by atoms with Crippen molar-refractivity contribution in [2.75, 3.05) is 11.1 Å². The van der Waals surface area contributed by atoms with E-state index in [9.17, 15) is 23.1 Å². The van der Waals surface area contributed by atoms with Crippen molar-refractivity contribution in [1.29, 1.82) is 0 Å². The fourth-order valence-corrected chi connectivity index (χ4v) is 3.29. The van der Waals surface area contributed by atoms with Crippen LogP contribution in [0.1, 0.15) is 12.5 Å². The van der Waals surface area contributed by atoms with Gasteiger partial charge in [-0.3, -0.25) is 4.79 Å². The van der Waals surface area contributed by atoms with Crippen molar-refractivity contribution in [3.63, 3.8) is 0 Å². The molecule has 142 valence electrons. The Morgan fingerprint density at radius 2 is 1.89 bits per heavy atom. The van der Waals surface area contributed by atoms with Crippen LogP contribution in [0.25, 0.3) is 4.85 Å². The van der Waals surface area contributed by atoms with E-state index in [1.165, 1.54) is 24.8 Å². The SMILES string of the molecule is [C-]#[N+]c1ccc(NC(=O)[C@@](C)(O)CSc2ccc(I)cc2)cc1C(F)(F)F. The number of amides is 1. The quantitative estimate of drug-likeness (QED) is 0.327. The number of rotatable bonds is 5. The molecule has 0 aliphatic carbocycles. The highest BCUT2D eigenvalue weighted by Gasteiger charge is 2.35. The van der Waals surface area contributed by atoms with Crippen molar-refractivity contribution >= 4 is 51.6 Å². The van der Waals surface area contributed by atoms with E-state index in [1.54, 1.807) is 0 Å². The molecule has 2 rings (SSSR count). The molecule has 0 aliphatic rings. The largest absolute Gasteiger partial charge is 0.407 e. The van der Waals surface area contributed by atoms with Gasteiger partial charge in [-0.05, 0) is 65.9 Å². The summed E-state index contributed by atoms with van der Waals surface area (Å²) in [6.07, 6.45) is -4.72. The smallest absolute Gasteiger partial charge is 0.379 e. The van der Waals surface area contributed by atoms with Gasteiger partial charge in [0, 0.05) is 19.9 Å². The van der Waals surface area contributed by atoms with Crippen LogP contribution in [0.5, 0.6) is 0 Å². The molecular formula is C18H14F3IN2O2S. The fraction of sp³-hybridized carbons (Fsp3) is 0.222. The molecular weight excluding hydrogens is 492 g/mol. The van der Waals surface area contributed by atoms with E-state index in [2.05, 4.69) is 32.8 Å². The predicted molar refractivity (Wildman–Crippen MR) is 107 cm³/mol. The molecule has 0 heterocycles. The number of benzene rings is 2. The Balaban J connectivity index is 2.11. The number of thioether (sulfide) groups is 1. The molecule has 0 bridgehead atoms. The average Bonchev–Trinajstić information content (AvgIpc) is 2.60. The number of carbonyl (C=O) groups is 1. The number of nitrogens with one attached hydrogen (secondary N) is 1. The normalized spacial score (nSPS) is 13.5. The van der Waals surface area contributed by atoms with Crippen LogP contribution in [0, 0.1) is 10.1 Å². The zero-order valence-corrected chi connectivity index (χ0v) is 16.9. The van der Waals surface area contributed by atoms with Crippen LogP contribution < -0.4 is 5.32 Å². The van der Waals surface area contributed by atoms with Crippen molar-refractivity contribution in [2.45, 2.75) is 23.6 Å². The topological polar surface area (TPSA) is 53.7 Å². The molecule has 1 amide bonds. The van der Waals surface area contributed by atoms with Crippen molar-refractivity contribution in [1.82, 2.24) is 0 Å². The van der Waals surface area contributed by atoms with E-state index >= 15 is 0 Å². The standard InChI is InChI=1S/C18H14F3IN2O2S/c1-17(26,10-27-13-6-3-11(22)4-7-13)16(25)24-12-5-8-15(23-2)14(9-12)18(19,20)21/h3-9,26H,10H2,1H3,(H,24,25)/t17-/m0/s1. The Morgan fingerprint density at radius 1 is 1.26 bits per heavy atom. The maximum atomic E-state index is 13.0. The average molecular weight is 506 g/mol. The van der Waals surface area contributed by atoms with Crippen LogP contribution in [0.2, 0.25) is 0 Å². The minimum atomic E-state index is -4.72. The molecule has 9 heteroatoms. The number of aliphatic hydroxyl groups is 1. The molecule has 0 radical (unpaired) electrons. The summed E-state index contributed by atoms with van der Waals surface area (Å²) >= 11 is 3.41. The van der Waals surface area contributed by atoms with Gasteiger partial charge in [0.15, 0.2) is 5.69 Å². The van der Waals surface area contributed by atoms with E-state index < -0.39 is 28.9 Å². The summed E-state index contributed by atoms with van der Waals surface area (Å²) in [5.41, 5.74) is -3.63. The first-order valence-corrected chi connectivity index (χ1v) is 9.60. The van der Waals surface area contributed by atoms with Gasteiger partial charge in [-0.15, -0.1) is 11.8 Å². The summed E-state index contributed by atoms with van der Waals surface area (Å²) in [5, 5.41) is 12.7. The van der Waals surface area contributed by atoms with Gasteiger partial charge in [0.25, 0.3) is 5.91 Å². The van der Waals surface area contributed by atoms with Crippen LogP contribution in [-0.4, -0.2) is 22.4 Å². The summed E-state index contributed by atoms with van der Waals surface area (Å²) in [7, 11) is 0. The van der Waals surface area contributed by atoms with Gasteiger partial charge in [-0.1, -0.05) is 6.07 Å². The van der Waals surface area contributed by atoms with Crippen LogP contribution >= 0.6 is 34.4 Å². The van der Waals surface area contributed by atoms with Crippen molar-refractivity contribution in [2.24, 2.45) is 0 Å². The molecule has 0 unspecified atom stereocenters. The van der Waals surface area contributed by atoms with Gasteiger partial charge in [-0.2, -0.15) is 13.2 Å². The Labute approximate surface area is 172 Å². The molecule has 0 saturated carbocycles. The number of halogens is 4. The lowest BCUT2D eigenvalue weighted by Gasteiger charge is -2.22. The molecule has 0 aliphatic heterocycles. The van der Waals surface area contributed by atoms with E-state index in [0.29, 0.717) is 6.07 Å². The van der Waals surface area contributed by atoms with E-state index in [1.807, 2.05) is 24.3 Å². The molecule has 2 aromatic carbocycles. The second-order valence-electron chi connectivity index (χ2n) is 5.81. The molecule has 0 spiro atoms. The Hall–Kier alpha value is -1.77. The highest BCUT2D eigenvalue weighted by atomic mass is 127. The summed E-state index contributed by atoms with van der Waals surface area (Å²) in [6, 6.07) is 10.3. The van der Waals surface area contributed by atoms with Crippen molar-refractivity contribution in [3.8, 4) is 0 Å². The number of alkyl halides is 3. The molecule has 4 nitrogen and oxygen atoms in total. The highest BCUT2D eigenvalue weighted by molar-refractivity contribution is 14.1. The number of anilines is 1. The Kier molecular flexibility index (Phi) is 6.77. The van der Waals surface area contributed by atoms with Gasteiger partial charge >= 0.3 is 6.18 Å². The first-order chi connectivity index (χ1) is 12.5. The van der Waals surface area contributed by atoms with Gasteiger partial charge in [0.05, 0.1) is 12.1 Å². The second-order valence-corrected chi connectivity index (χ2v) is 8.11. The maximum Gasteiger partial charge on any atom is 0.407 e. The molecule has 27 heavy (non-hydrogen) atoms. The lowest BCUT2D eigenvalue weighted by atomic mass is 10.1. The first-order valence-electron chi connectivity index (χ1n) is 7.54. The maximum absolute atomic E-state index is 13.0. The van der Waals surface area contributed by atoms with Gasteiger partial charge in [0.2, 0.25) is 0 Å². The summed E-state index contributed by atoms with van der Waals surface area (Å²) < 4.78 is 40.1. The highest BCUT2D eigenvalue weighted by Crippen LogP contribution is 2.38. The first kappa shape index (κ1) is 21.5. The van der Waals surface area contributed by atoms with Gasteiger partial charge < -0.3 is 10.4 Å². The predicted octanol–water partition coefficient (Wildman–Crippen LogP) is 5.34. The van der Waals surface area contributed by atoms with Crippen LogP contribution in [0.4, 0.5) is 24.5 Å². The fourth-order valence-electron chi connectivity index (χ4n) is 2.02. The third-order valence-corrected chi connectivity index (χ3v) is 5.53. The van der Waals surface area contributed by atoms with E-state index in [0.717, 1.165) is 14.5 Å². The lowest BCUT2D eigenvalue weighted by molar-refractivity contribution is -0.137. The number of nitrogens with zero attached hydrogens (tertiary/aromatic N) is 1. The molecule has 2 aromatic rings. The summed E-state index contributed by atoms with van der Waals surface area (Å²) in [4.78, 5) is 16.0. The molecule has 0 saturated heterocycles. The van der Waals surface area contributed by atoms with E-state index in [-0.39, 0.29) is 11.4 Å². The van der Waals surface area contributed by atoms with Gasteiger partial charge in [0.1, 0.15) is 5.60 Å². The Morgan fingerprint density at radius 3 is 2.44 bits per heavy atom.